The van der Waals surface area contributed by atoms with E-state index in [1.807, 2.05) is 11.8 Å². The van der Waals surface area contributed by atoms with E-state index >= 15 is 0 Å². The Morgan fingerprint density at radius 2 is 2.19 bits per heavy atom. The van der Waals surface area contributed by atoms with Crippen LogP contribution in [0.15, 0.2) is 5.16 Å². The molecule has 6 heteroatoms. The summed E-state index contributed by atoms with van der Waals surface area (Å²) in [4.78, 5) is 0. The Hall–Kier alpha value is -0.200. The van der Waals surface area contributed by atoms with Gasteiger partial charge in [-0.05, 0) is 31.3 Å². The van der Waals surface area contributed by atoms with Gasteiger partial charge in [0.2, 0.25) is 0 Å². The molecule has 2 rings (SSSR count). The zero-order valence-electron chi connectivity index (χ0n) is 9.43. The number of aliphatic hydroxyl groups excluding tert-OH is 1. The van der Waals surface area contributed by atoms with E-state index in [1.54, 1.807) is 11.8 Å². The minimum atomic E-state index is -0.00509. The lowest BCUT2D eigenvalue weighted by Gasteiger charge is -2.06. The molecule has 0 atom stereocenters. The van der Waals surface area contributed by atoms with Crippen LogP contribution >= 0.6 is 23.5 Å². The van der Waals surface area contributed by atoms with E-state index in [0.29, 0.717) is 6.04 Å². The fourth-order valence-corrected chi connectivity index (χ4v) is 3.16. The molecule has 1 N–H and O–H groups in total. The molecule has 0 radical (unpaired) electrons. The summed E-state index contributed by atoms with van der Waals surface area (Å²) in [7, 11) is 0. The molecule has 0 amide bonds. The summed E-state index contributed by atoms with van der Waals surface area (Å²) in [5.74, 6) is 2.99. The number of aliphatic hydroxyl groups is 1. The van der Waals surface area contributed by atoms with Gasteiger partial charge in [0.1, 0.15) is 6.61 Å². The molecule has 4 nitrogen and oxygen atoms in total. The highest BCUT2D eigenvalue weighted by Gasteiger charge is 2.29. The maximum absolute atomic E-state index is 9.18. The second-order valence-electron chi connectivity index (χ2n) is 3.85. The van der Waals surface area contributed by atoms with E-state index in [-0.39, 0.29) is 6.61 Å². The number of thioether (sulfide) groups is 2. The van der Waals surface area contributed by atoms with Gasteiger partial charge in [0, 0.05) is 11.8 Å². The first-order chi connectivity index (χ1) is 7.86. The average molecular weight is 259 g/mol. The molecule has 0 aromatic carbocycles. The van der Waals surface area contributed by atoms with Crippen molar-refractivity contribution in [3.63, 3.8) is 0 Å². The fraction of sp³-hybridized carbons (Fsp3) is 0.800. The van der Waals surface area contributed by atoms with Crippen molar-refractivity contribution >= 4 is 23.5 Å². The highest BCUT2D eigenvalue weighted by molar-refractivity contribution is 7.99. The van der Waals surface area contributed by atoms with Crippen molar-refractivity contribution in [3.05, 3.63) is 5.82 Å². The highest BCUT2D eigenvalue weighted by Crippen LogP contribution is 2.38. The third-order valence-corrected chi connectivity index (χ3v) is 4.24. The summed E-state index contributed by atoms with van der Waals surface area (Å²) in [5, 5.41) is 18.3. The van der Waals surface area contributed by atoms with Crippen LogP contribution in [0, 0.1) is 0 Å². The molecule has 0 unspecified atom stereocenters. The van der Waals surface area contributed by atoms with E-state index in [0.717, 1.165) is 16.7 Å². The van der Waals surface area contributed by atoms with E-state index < -0.39 is 0 Å². The van der Waals surface area contributed by atoms with E-state index in [2.05, 4.69) is 21.0 Å². The van der Waals surface area contributed by atoms with Crippen LogP contribution in [0.25, 0.3) is 0 Å². The van der Waals surface area contributed by atoms with Crippen molar-refractivity contribution in [2.24, 2.45) is 0 Å². The summed E-state index contributed by atoms with van der Waals surface area (Å²) in [6, 6.07) is 0.542. The maximum atomic E-state index is 9.18. The largest absolute Gasteiger partial charge is 0.388 e. The van der Waals surface area contributed by atoms with Gasteiger partial charge in [0.05, 0.1) is 0 Å². The SMILES string of the molecule is CSCCCSc1nnc(CO)n1C1CC1. The van der Waals surface area contributed by atoms with Crippen LogP contribution in [0.3, 0.4) is 0 Å². The van der Waals surface area contributed by atoms with Gasteiger partial charge >= 0.3 is 0 Å². The molecule has 0 bridgehead atoms. The molecule has 1 heterocycles. The van der Waals surface area contributed by atoms with Gasteiger partial charge in [0.25, 0.3) is 0 Å². The quantitative estimate of drug-likeness (QED) is 0.599. The van der Waals surface area contributed by atoms with E-state index in [1.165, 1.54) is 25.0 Å². The highest BCUT2D eigenvalue weighted by atomic mass is 32.2. The third-order valence-electron chi connectivity index (χ3n) is 2.51. The lowest BCUT2D eigenvalue weighted by molar-refractivity contribution is 0.263. The molecule has 1 aromatic rings. The molecular formula is C10H17N3OS2. The first-order valence-electron chi connectivity index (χ1n) is 5.53. The van der Waals surface area contributed by atoms with Gasteiger partial charge in [-0.1, -0.05) is 11.8 Å². The molecule has 1 aliphatic rings. The summed E-state index contributed by atoms with van der Waals surface area (Å²) < 4.78 is 2.11. The smallest absolute Gasteiger partial charge is 0.191 e. The summed E-state index contributed by atoms with van der Waals surface area (Å²) in [5.41, 5.74) is 0. The van der Waals surface area contributed by atoms with Crippen molar-refractivity contribution in [2.45, 2.75) is 37.1 Å². The molecular weight excluding hydrogens is 242 g/mol. The second-order valence-corrected chi connectivity index (χ2v) is 5.90. The van der Waals surface area contributed by atoms with Crippen LogP contribution in [0.1, 0.15) is 31.1 Å². The molecule has 1 saturated carbocycles. The lowest BCUT2D eigenvalue weighted by Crippen LogP contribution is -2.03. The number of nitrogens with zero attached hydrogens (tertiary/aromatic N) is 3. The Morgan fingerprint density at radius 1 is 1.38 bits per heavy atom. The summed E-state index contributed by atoms with van der Waals surface area (Å²) in [6.45, 7) is -0.00509. The van der Waals surface area contributed by atoms with Crippen LogP contribution in [0.4, 0.5) is 0 Å². The van der Waals surface area contributed by atoms with Gasteiger partial charge in [-0.2, -0.15) is 11.8 Å². The molecule has 0 spiro atoms. The zero-order chi connectivity index (χ0) is 11.4. The average Bonchev–Trinajstić information content (AvgIpc) is 3.06. The Balaban J connectivity index is 1.94. The Kier molecular flexibility index (Phi) is 4.55. The van der Waals surface area contributed by atoms with Crippen LogP contribution < -0.4 is 0 Å². The molecule has 1 aromatic heterocycles. The minimum absolute atomic E-state index is 0.00509. The maximum Gasteiger partial charge on any atom is 0.191 e. The zero-order valence-corrected chi connectivity index (χ0v) is 11.1. The Morgan fingerprint density at radius 3 is 2.81 bits per heavy atom. The molecule has 1 fully saturated rings. The van der Waals surface area contributed by atoms with Crippen LogP contribution in [0.5, 0.6) is 0 Å². The van der Waals surface area contributed by atoms with Crippen molar-refractivity contribution in [1.82, 2.24) is 14.8 Å². The molecule has 0 saturated heterocycles. The number of rotatable bonds is 7. The van der Waals surface area contributed by atoms with E-state index in [9.17, 15) is 5.11 Å². The fourth-order valence-electron chi connectivity index (χ4n) is 1.58. The molecule has 1 aliphatic carbocycles. The topological polar surface area (TPSA) is 50.9 Å². The molecule has 90 valence electrons. The normalized spacial score (nSPS) is 15.6. The summed E-state index contributed by atoms with van der Waals surface area (Å²) in [6.07, 6.45) is 5.71. The number of hydrogen-bond acceptors (Lipinski definition) is 5. The first-order valence-corrected chi connectivity index (χ1v) is 7.91. The number of aromatic nitrogens is 3. The van der Waals surface area contributed by atoms with Crippen LogP contribution in [0.2, 0.25) is 0 Å². The van der Waals surface area contributed by atoms with Crippen molar-refractivity contribution < 1.29 is 5.11 Å². The van der Waals surface area contributed by atoms with Crippen molar-refractivity contribution in [1.29, 1.82) is 0 Å². The minimum Gasteiger partial charge on any atom is -0.388 e. The lowest BCUT2D eigenvalue weighted by atomic mass is 10.6. The summed E-state index contributed by atoms with van der Waals surface area (Å²) >= 11 is 3.63. The molecule has 0 aliphatic heterocycles. The standard InChI is InChI=1S/C10H17N3OS2/c1-15-5-2-6-16-10-12-11-9(7-14)13(10)8-3-4-8/h8,14H,2-7H2,1H3. The van der Waals surface area contributed by atoms with Gasteiger partial charge in [0.15, 0.2) is 11.0 Å². The monoisotopic (exact) mass is 259 g/mol. The van der Waals surface area contributed by atoms with Crippen molar-refractivity contribution in [2.75, 3.05) is 17.8 Å². The second kappa shape index (κ2) is 5.93. The van der Waals surface area contributed by atoms with Gasteiger partial charge in [-0.15, -0.1) is 10.2 Å². The predicted octanol–water partition coefficient (Wildman–Crippen LogP) is 1.95. The van der Waals surface area contributed by atoms with E-state index in [4.69, 9.17) is 0 Å². The van der Waals surface area contributed by atoms with Gasteiger partial charge < -0.3 is 9.67 Å². The number of hydrogen-bond donors (Lipinski definition) is 1. The Labute approximate surface area is 104 Å². The van der Waals surface area contributed by atoms with Gasteiger partial charge in [-0.3, -0.25) is 0 Å². The predicted molar refractivity (Wildman–Crippen MR) is 67.9 cm³/mol. The molecule has 16 heavy (non-hydrogen) atoms. The van der Waals surface area contributed by atoms with Gasteiger partial charge in [-0.25, -0.2) is 0 Å². The van der Waals surface area contributed by atoms with Crippen molar-refractivity contribution in [3.8, 4) is 0 Å². The van der Waals surface area contributed by atoms with Crippen LogP contribution in [-0.4, -0.2) is 37.6 Å². The Bertz CT molecular complexity index is 339. The third kappa shape index (κ3) is 2.93. The van der Waals surface area contributed by atoms with Crippen LogP contribution in [-0.2, 0) is 6.61 Å². The first kappa shape index (κ1) is 12.3.